The highest BCUT2D eigenvalue weighted by Gasteiger charge is 2.32. The van der Waals surface area contributed by atoms with E-state index in [1.165, 1.54) is 28.5 Å². The molecule has 3 N–H and O–H groups in total. The SMILES string of the molecule is C/C=C\C=C/CC(N)/C(C(=O)N=C1SSC2=NCCN21)=C(/C)O. The van der Waals surface area contributed by atoms with E-state index in [9.17, 15) is 9.90 Å². The number of rotatable bonds is 5. The van der Waals surface area contributed by atoms with Crippen molar-refractivity contribution in [2.45, 2.75) is 26.3 Å². The maximum Gasteiger partial charge on any atom is 0.280 e. The van der Waals surface area contributed by atoms with Crippen LogP contribution in [0.2, 0.25) is 0 Å². The Morgan fingerprint density at radius 1 is 1.52 bits per heavy atom. The first-order chi connectivity index (χ1) is 11.0. The number of nitrogens with two attached hydrogens (primary N) is 1. The molecule has 1 fully saturated rings. The van der Waals surface area contributed by atoms with E-state index in [2.05, 4.69) is 9.98 Å². The van der Waals surface area contributed by atoms with E-state index >= 15 is 0 Å². The molecule has 0 spiro atoms. The quantitative estimate of drug-likeness (QED) is 0.342. The van der Waals surface area contributed by atoms with E-state index in [1.807, 2.05) is 36.1 Å². The number of fused-ring (bicyclic) bond motifs is 1. The van der Waals surface area contributed by atoms with Gasteiger partial charge in [0, 0.05) is 12.6 Å². The van der Waals surface area contributed by atoms with E-state index in [0.717, 1.165) is 11.7 Å². The maximum absolute atomic E-state index is 12.4. The number of aliphatic hydroxyl groups is 1. The summed E-state index contributed by atoms with van der Waals surface area (Å²) < 4.78 is 0. The van der Waals surface area contributed by atoms with Crippen LogP contribution in [-0.2, 0) is 4.79 Å². The Balaban J connectivity index is 2.11. The molecule has 2 aliphatic rings. The molecule has 1 amide bonds. The van der Waals surface area contributed by atoms with Crippen LogP contribution in [-0.4, -0.2) is 45.4 Å². The van der Waals surface area contributed by atoms with Crippen molar-refractivity contribution >= 4 is 37.8 Å². The topological polar surface area (TPSA) is 91.3 Å². The standard InChI is InChI=1S/C15H20N4O2S2/c1-3-4-5-6-7-11(16)12(10(2)20)13(21)18-15-19-9-8-17-14(19)22-23-15/h3-6,11,20H,7-9,16H2,1-2H3/b4-3-,6-5-,12-10+,18-15?. The molecule has 0 radical (unpaired) electrons. The third-order valence-electron chi connectivity index (χ3n) is 3.24. The lowest BCUT2D eigenvalue weighted by Gasteiger charge is -2.14. The summed E-state index contributed by atoms with van der Waals surface area (Å²) in [4.78, 5) is 22.8. The Morgan fingerprint density at radius 3 is 3.00 bits per heavy atom. The van der Waals surface area contributed by atoms with E-state index in [4.69, 9.17) is 5.73 Å². The molecule has 0 aromatic heterocycles. The van der Waals surface area contributed by atoms with Gasteiger partial charge in [0.1, 0.15) is 0 Å². The molecule has 2 aliphatic heterocycles. The van der Waals surface area contributed by atoms with Gasteiger partial charge in [0.2, 0.25) is 0 Å². The van der Waals surface area contributed by atoms with Crippen LogP contribution in [0, 0.1) is 0 Å². The second kappa shape index (κ2) is 8.37. The number of amidine groups is 2. The molecule has 2 rings (SSSR count). The normalized spacial score (nSPS) is 22.0. The van der Waals surface area contributed by atoms with Gasteiger partial charge in [-0.15, -0.1) is 0 Å². The van der Waals surface area contributed by atoms with Gasteiger partial charge in [-0.3, -0.25) is 14.7 Å². The lowest BCUT2D eigenvalue weighted by molar-refractivity contribution is -0.114. The number of nitrogens with zero attached hydrogens (tertiary/aromatic N) is 3. The summed E-state index contributed by atoms with van der Waals surface area (Å²) >= 11 is 0. The van der Waals surface area contributed by atoms with Crippen LogP contribution < -0.4 is 5.73 Å². The summed E-state index contributed by atoms with van der Waals surface area (Å²) in [5.41, 5.74) is 6.20. The highest BCUT2D eigenvalue weighted by atomic mass is 33.1. The van der Waals surface area contributed by atoms with Crippen molar-refractivity contribution in [1.29, 1.82) is 0 Å². The molecule has 0 aromatic carbocycles. The van der Waals surface area contributed by atoms with Gasteiger partial charge in [0.15, 0.2) is 10.3 Å². The fourth-order valence-corrected chi connectivity index (χ4v) is 4.40. The smallest absolute Gasteiger partial charge is 0.280 e. The fourth-order valence-electron chi connectivity index (χ4n) is 2.14. The van der Waals surface area contributed by atoms with E-state index in [1.54, 1.807) is 0 Å². The van der Waals surface area contributed by atoms with Crippen molar-refractivity contribution in [2.24, 2.45) is 15.7 Å². The van der Waals surface area contributed by atoms with Crippen LogP contribution in [0.3, 0.4) is 0 Å². The van der Waals surface area contributed by atoms with Crippen LogP contribution in [0.1, 0.15) is 20.3 Å². The molecule has 1 saturated heterocycles. The summed E-state index contributed by atoms with van der Waals surface area (Å²) in [5, 5.41) is 11.3. The zero-order valence-electron chi connectivity index (χ0n) is 13.1. The molecule has 0 saturated carbocycles. The Morgan fingerprint density at radius 2 is 2.30 bits per heavy atom. The number of hydrogen-bond donors (Lipinski definition) is 2. The first kappa shape index (κ1) is 17.8. The molecule has 8 heteroatoms. The van der Waals surface area contributed by atoms with Crippen LogP contribution >= 0.6 is 21.6 Å². The Bertz CT molecular complexity index is 619. The third kappa shape index (κ3) is 4.49. The highest BCUT2D eigenvalue weighted by molar-refractivity contribution is 8.88. The van der Waals surface area contributed by atoms with Gasteiger partial charge in [0.05, 0.1) is 17.9 Å². The largest absolute Gasteiger partial charge is 0.512 e. The summed E-state index contributed by atoms with van der Waals surface area (Å²) in [6.45, 7) is 4.83. The van der Waals surface area contributed by atoms with Gasteiger partial charge in [-0.1, -0.05) is 24.3 Å². The molecule has 124 valence electrons. The lowest BCUT2D eigenvalue weighted by atomic mass is 10.0. The number of amides is 1. The zero-order valence-corrected chi connectivity index (χ0v) is 14.7. The van der Waals surface area contributed by atoms with Crippen molar-refractivity contribution in [1.82, 2.24) is 4.90 Å². The van der Waals surface area contributed by atoms with Crippen molar-refractivity contribution < 1.29 is 9.90 Å². The molecule has 1 unspecified atom stereocenters. The minimum atomic E-state index is -0.593. The lowest BCUT2D eigenvalue weighted by Crippen LogP contribution is -2.30. The van der Waals surface area contributed by atoms with Crippen LogP contribution in [0.15, 0.2) is 45.6 Å². The van der Waals surface area contributed by atoms with Gasteiger partial charge in [0.25, 0.3) is 5.91 Å². The van der Waals surface area contributed by atoms with E-state index in [-0.39, 0.29) is 11.3 Å². The predicted molar refractivity (Wildman–Crippen MR) is 98.5 cm³/mol. The predicted octanol–water partition coefficient (Wildman–Crippen LogP) is 2.62. The number of hydrogen-bond acceptors (Lipinski definition) is 6. The molecule has 0 aliphatic carbocycles. The number of carbonyl (C=O) groups is 1. The van der Waals surface area contributed by atoms with E-state index in [0.29, 0.717) is 18.1 Å². The Kier molecular flexibility index (Phi) is 6.49. The number of carbonyl (C=O) groups excluding carboxylic acids is 1. The van der Waals surface area contributed by atoms with E-state index < -0.39 is 11.9 Å². The summed E-state index contributed by atoms with van der Waals surface area (Å²) in [6, 6.07) is -0.593. The number of aliphatic hydroxyl groups excluding tert-OH is 1. The van der Waals surface area contributed by atoms with Gasteiger partial charge < -0.3 is 10.8 Å². The monoisotopic (exact) mass is 352 g/mol. The minimum Gasteiger partial charge on any atom is -0.512 e. The molecule has 0 aromatic rings. The third-order valence-corrected chi connectivity index (χ3v) is 5.43. The first-order valence-corrected chi connectivity index (χ1v) is 9.42. The van der Waals surface area contributed by atoms with Crippen LogP contribution in [0.25, 0.3) is 0 Å². The van der Waals surface area contributed by atoms with Crippen molar-refractivity contribution in [3.05, 3.63) is 35.6 Å². The van der Waals surface area contributed by atoms with Gasteiger partial charge in [-0.05, 0) is 41.9 Å². The summed E-state index contributed by atoms with van der Waals surface area (Å²) in [6.07, 6.45) is 7.95. The van der Waals surface area contributed by atoms with Crippen LogP contribution in [0.5, 0.6) is 0 Å². The number of allylic oxidation sites excluding steroid dienone is 4. The second-order valence-corrected chi connectivity index (χ2v) is 7.04. The average Bonchev–Trinajstić information content (AvgIpc) is 3.08. The first-order valence-electron chi connectivity index (χ1n) is 7.27. The van der Waals surface area contributed by atoms with Crippen molar-refractivity contribution in [2.75, 3.05) is 13.1 Å². The van der Waals surface area contributed by atoms with Crippen LogP contribution in [0.4, 0.5) is 0 Å². The maximum atomic E-state index is 12.4. The van der Waals surface area contributed by atoms with Gasteiger partial charge in [-0.25, -0.2) is 0 Å². The number of aliphatic imine (C=N–C) groups is 2. The minimum absolute atomic E-state index is 0.0859. The summed E-state index contributed by atoms with van der Waals surface area (Å²) in [5.74, 6) is -0.578. The highest BCUT2D eigenvalue weighted by Crippen LogP contribution is 2.38. The molecule has 1 atom stereocenters. The van der Waals surface area contributed by atoms with Gasteiger partial charge >= 0.3 is 0 Å². The fraction of sp³-hybridized carbons (Fsp3) is 0.400. The van der Waals surface area contributed by atoms with Crippen molar-refractivity contribution in [3.8, 4) is 0 Å². The molecular weight excluding hydrogens is 332 g/mol. The summed E-state index contributed by atoms with van der Waals surface area (Å²) in [7, 11) is 2.89. The Hall–Kier alpha value is -1.51. The second-order valence-electron chi connectivity index (χ2n) is 4.98. The zero-order chi connectivity index (χ0) is 16.8. The molecular formula is C15H20N4O2S2. The molecule has 6 nitrogen and oxygen atoms in total. The molecule has 0 bridgehead atoms. The van der Waals surface area contributed by atoms with Crippen molar-refractivity contribution in [3.63, 3.8) is 0 Å². The molecule has 23 heavy (non-hydrogen) atoms. The van der Waals surface area contributed by atoms with Gasteiger partial charge in [-0.2, -0.15) is 4.99 Å². The molecule has 2 heterocycles. The Labute approximate surface area is 143 Å². The average molecular weight is 352 g/mol.